The van der Waals surface area contributed by atoms with Gasteiger partial charge in [0.05, 0.1) is 6.54 Å². The molecule has 146 valence electrons. The molecule has 2 rings (SSSR count). The van der Waals surface area contributed by atoms with Crippen LogP contribution in [-0.2, 0) is 0 Å². The summed E-state index contributed by atoms with van der Waals surface area (Å²) in [5, 5.41) is 3.26. The van der Waals surface area contributed by atoms with Gasteiger partial charge >= 0.3 is 6.18 Å². The Hall–Kier alpha value is -1.96. The van der Waals surface area contributed by atoms with E-state index in [-0.39, 0.29) is 0 Å². The third-order valence-electron chi connectivity index (χ3n) is 4.36. The Balaban J connectivity index is 1.70. The zero-order valence-electron chi connectivity index (χ0n) is 15.5. The lowest BCUT2D eigenvalue weighted by atomic mass is 10.2. The van der Waals surface area contributed by atoms with Gasteiger partial charge in [-0.2, -0.15) is 13.2 Å². The minimum Gasteiger partial charge on any atom is -0.368 e. The zero-order chi connectivity index (χ0) is 19.0. The van der Waals surface area contributed by atoms with Gasteiger partial charge in [-0.15, -0.1) is 0 Å². The average Bonchev–Trinajstić information content (AvgIpc) is 2.61. The van der Waals surface area contributed by atoms with Gasteiger partial charge in [-0.1, -0.05) is 18.2 Å². The number of guanidine groups is 1. The predicted molar refractivity (Wildman–Crippen MR) is 99.8 cm³/mol. The van der Waals surface area contributed by atoms with Gasteiger partial charge in [0.1, 0.15) is 0 Å². The Kier molecular flexibility index (Phi) is 7.56. The third-order valence-corrected chi connectivity index (χ3v) is 4.36. The van der Waals surface area contributed by atoms with Crippen LogP contribution in [0.1, 0.15) is 6.42 Å². The van der Waals surface area contributed by atoms with E-state index in [0.29, 0.717) is 19.5 Å². The van der Waals surface area contributed by atoms with E-state index in [1.165, 1.54) is 17.6 Å². The molecule has 1 aliphatic rings. The fourth-order valence-corrected chi connectivity index (χ4v) is 3.08. The molecule has 1 aromatic carbocycles. The third kappa shape index (κ3) is 6.74. The lowest BCUT2D eigenvalue weighted by molar-refractivity contribution is -0.143. The standard InChI is InChI=1S/C18H28F3N5/c1-22-17(23-9-6-10-24(2)15-18(19,20)21)26-13-11-25(12-14-26)16-7-4-3-5-8-16/h3-5,7-8H,6,9-15H2,1-2H3,(H,22,23). The van der Waals surface area contributed by atoms with Crippen molar-refractivity contribution in [3.8, 4) is 0 Å². The summed E-state index contributed by atoms with van der Waals surface area (Å²) >= 11 is 0. The van der Waals surface area contributed by atoms with E-state index in [1.807, 2.05) is 18.2 Å². The summed E-state index contributed by atoms with van der Waals surface area (Å²) < 4.78 is 36.9. The molecule has 0 radical (unpaired) electrons. The number of para-hydroxylation sites is 1. The van der Waals surface area contributed by atoms with Crippen LogP contribution in [0.5, 0.6) is 0 Å². The summed E-state index contributed by atoms with van der Waals surface area (Å²) in [6, 6.07) is 10.3. The number of benzene rings is 1. The Labute approximate surface area is 153 Å². The van der Waals surface area contributed by atoms with Crippen LogP contribution in [-0.4, -0.2) is 81.8 Å². The molecule has 0 bridgehead atoms. The number of hydrogen-bond acceptors (Lipinski definition) is 3. The number of hydrogen-bond donors (Lipinski definition) is 1. The summed E-state index contributed by atoms with van der Waals surface area (Å²) in [4.78, 5) is 10.1. The second kappa shape index (κ2) is 9.66. The van der Waals surface area contributed by atoms with E-state index < -0.39 is 12.7 Å². The van der Waals surface area contributed by atoms with E-state index in [0.717, 1.165) is 32.1 Å². The molecule has 1 aromatic rings. The second-order valence-electron chi connectivity index (χ2n) is 6.49. The first-order valence-corrected chi connectivity index (χ1v) is 8.90. The molecule has 0 amide bonds. The average molecular weight is 371 g/mol. The van der Waals surface area contributed by atoms with Crippen molar-refractivity contribution in [2.45, 2.75) is 12.6 Å². The number of rotatable bonds is 6. The van der Waals surface area contributed by atoms with Crippen molar-refractivity contribution >= 4 is 11.6 Å². The smallest absolute Gasteiger partial charge is 0.368 e. The van der Waals surface area contributed by atoms with Gasteiger partial charge in [0, 0.05) is 45.5 Å². The minimum atomic E-state index is -4.14. The molecule has 26 heavy (non-hydrogen) atoms. The lowest BCUT2D eigenvalue weighted by Crippen LogP contribution is -2.52. The molecule has 0 aliphatic carbocycles. The summed E-state index contributed by atoms with van der Waals surface area (Å²) in [7, 11) is 3.23. The van der Waals surface area contributed by atoms with Gasteiger partial charge in [0.15, 0.2) is 5.96 Å². The molecule has 0 saturated carbocycles. The van der Waals surface area contributed by atoms with Crippen molar-refractivity contribution < 1.29 is 13.2 Å². The van der Waals surface area contributed by atoms with Crippen LogP contribution in [0, 0.1) is 0 Å². The Morgan fingerprint density at radius 2 is 1.81 bits per heavy atom. The highest BCUT2D eigenvalue weighted by molar-refractivity contribution is 5.80. The Morgan fingerprint density at radius 1 is 1.15 bits per heavy atom. The molecular weight excluding hydrogens is 343 g/mol. The largest absolute Gasteiger partial charge is 0.401 e. The summed E-state index contributed by atoms with van der Waals surface area (Å²) in [5.41, 5.74) is 1.22. The molecule has 1 saturated heterocycles. The van der Waals surface area contributed by atoms with Gasteiger partial charge in [-0.05, 0) is 32.1 Å². The van der Waals surface area contributed by atoms with E-state index in [9.17, 15) is 13.2 Å². The number of nitrogens with one attached hydrogen (secondary N) is 1. The van der Waals surface area contributed by atoms with Crippen molar-refractivity contribution in [2.75, 3.05) is 64.8 Å². The van der Waals surface area contributed by atoms with Crippen LogP contribution in [0.2, 0.25) is 0 Å². The van der Waals surface area contributed by atoms with Crippen LogP contribution in [0.4, 0.5) is 18.9 Å². The fourth-order valence-electron chi connectivity index (χ4n) is 3.08. The highest BCUT2D eigenvalue weighted by Gasteiger charge is 2.28. The fraction of sp³-hybridized carbons (Fsp3) is 0.611. The Bertz CT molecular complexity index is 554. The zero-order valence-corrected chi connectivity index (χ0v) is 15.5. The Morgan fingerprint density at radius 3 is 2.38 bits per heavy atom. The number of anilines is 1. The first-order chi connectivity index (χ1) is 12.4. The van der Waals surface area contributed by atoms with Crippen molar-refractivity contribution in [2.24, 2.45) is 4.99 Å². The molecule has 1 heterocycles. The lowest BCUT2D eigenvalue weighted by Gasteiger charge is -2.37. The van der Waals surface area contributed by atoms with Crippen molar-refractivity contribution in [3.05, 3.63) is 30.3 Å². The van der Waals surface area contributed by atoms with Crippen LogP contribution < -0.4 is 10.2 Å². The van der Waals surface area contributed by atoms with E-state index in [1.54, 1.807) is 7.05 Å². The number of nitrogens with zero attached hydrogens (tertiary/aromatic N) is 4. The molecule has 0 aromatic heterocycles. The van der Waals surface area contributed by atoms with E-state index in [2.05, 4.69) is 32.2 Å². The maximum Gasteiger partial charge on any atom is 0.401 e. The van der Waals surface area contributed by atoms with Gasteiger partial charge in [0.25, 0.3) is 0 Å². The first kappa shape index (κ1) is 20.4. The summed E-state index contributed by atoms with van der Waals surface area (Å²) in [6.45, 7) is 3.69. The molecule has 1 fully saturated rings. The highest BCUT2D eigenvalue weighted by Crippen LogP contribution is 2.16. The molecule has 1 N–H and O–H groups in total. The highest BCUT2D eigenvalue weighted by atomic mass is 19.4. The topological polar surface area (TPSA) is 34.1 Å². The van der Waals surface area contributed by atoms with E-state index >= 15 is 0 Å². The molecule has 5 nitrogen and oxygen atoms in total. The van der Waals surface area contributed by atoms with Crippen molar-refractivity contribution in [3.63, 3.8) is 0 Å². The molecular formula is C18H28F3N5. The summed E-state index contributed by atoms with van der Waals surface area (Å²) in [5.74, 6) is 0.816. The minimum absolute atomic E-state index is 0.394. The maximum absolute atomic E-state index is 12.3. The number of halogens is 3. The predicted octanol–water partition coefficient (Wildman–Crippen LogP) is 2.27. The molecule has 8 heteroatoms. The number of alkyl halides is 3. The van der Waals surface area contributed by atoms with E-state index in [4.69, 9.17) is 0 Å². The van der Waals surface area contributed by atoms with Crippen LogP contribution in [0.25, 0.3) is 0 Å². The van der Waals surface area contributed by atoms with Crippen LogP contribution in [0.3, 0.4) is 0 Å². The second-order valence-corrected chi connectivity index (χ2v) is 6.49. The maximum atomic E-state index is 12.3. The molecule has 1 aliphatic heterocycles. The van der Waals surface area contributed by atoms with Crippen molar-refractivity contribution in [1.82, 2.24) is 15.1 Å². The summed E-state index contributed by atoms with van der Waals surface area (Å²) in [6.07, 6.45) is -3.51. The number of piperazine rings is 1. The van der Waals surface area contributed by atoms with Crippen LogP contribution in [0.15, 0.2) is 35.3 Å². The SMILES string of the molecule is CN=C(NCCCN(C)CC(F)(F)F)N1CCN(c2ccccc2)CC1. The normalized spacial score (nSPS) is 16.3. The van der Waals surface area contributed by atoms with Gasteiger partial charge in [-0.25, -0.2) is 0 Å². The van der Waals surface area contributed by atoms with Gasteiger partial charge in [-0.3, -0.25) is 9.89 Å². The van der Waals surface area contributed by atoms with Gasteiger partial charge < -0.3 is 15.1 Å². The molecule has 0 spiro atoms. The quantitative estimate of drug-likeness (QED) is 0.473. The van der Waals surface area contributed by atoms with Crippen molar-refractivity contribution in [1.29, 1.82) is 0 Å². The monoisotopic (exact) mass is 371 g/mol. The first-order valence-electron chi connectivity index (χ1n) is 8.90. The van der Waals surface area contributed by atoms with Gasteiger partial charge in [0.2, 0.25) is 0 Å². The number of aliphatic imine (C=N–C) groups is 1. The van der Waals surface area contributed by atoms with Crippen LogP contribution >= 0.6 is 0 Å². The molecule has 0 atom stereocenters. The molecule has 0 unspecified atom stereocenters.